The minimum atomic E-state index is 0.893. The van der Waals surface area contributed by atoms with E-state index in [9.17, 15) is 0 Å². The quantitative estimate of drug-likeness (QED) is 0.666. The van der Waals surface area contributed by atoms with Gasteiger partial charge in [-0.3, -0.25) is 0 Å². The Labute approximate surface area is 129 Å². The fourth-order valence-electron chi connectivity index (χ4n) is 4.84. The van der Waals surface area contributed by atoms with Crippen LogP contribution in [0, 0.1) is 23.7 Å². The molecule has 2 saturated carbocycles. The zero-order valence-electron chi connectivity index (χ0n) is 11.3. The summed E-state index contributed by atoms with van der Waals surface area (Å²) in [5, 5.41) is 1.80. The molecule has 102 valence electrons. The highest BCUT2D eigenvalue weighted by Crippen LogP contribution is 2.68. The summed E-state index contributed by atoms with van der Waals surface area (Å²) in [6, 6.07) is 10.8. The van der Waals surface area contributed by atoms with Crippen molar-refractivity contribution in [1.29, 1.82) is 0 Å². The molecule has 0 N–H and O–H groups in total. The first-order valence-corrected chi connectivity index (χ1v) is 9.43. The molecule has 1 aliphatic heterocycles. The van der Waals surface area contributed by atoms with Crippen LogP contribution in [-0.4, -0.2) is 10.5 Å². The van der Waals surface area contributed by atoms with E-state index in [1.807, 2.05) is 0 Å². The van der Waals surface area contributed by atoms with Crippen LogP contribution in [0.5, 0.6) is 0 Å². The number of hydrogen-bond donors (Lipinski definition) is 0. The molecule has 0 nitrogen and oxygen atoms in total. The van der Waals surface area contributed by atoms with Gasteiger partial charge in [0.2, 0.25) is 0 Å². The Balaban J connectivity index is 1.42. The van der Waals surface area contributed by atoms with Crippen LogP contribution in [0.15, 0.2) is 46.7 Å². The van der Waals surface area contributed by atoms with E-state index in [4.69, 9.17) is 0 Å². The maximum absolute atomic E-state index is 2.54. The van der Waals surface area contributed by atoms with Crippen molar-refractivity contribution in [2.75, 3.05) is 0 Å². The zero-order valence-corrected chi connectivity index (χ0v) is 12.9. The number of hydrogen-bond acceptors (Lipinski definition) is 2. The summed E-state index contributed by atoms with van der Waals surface area (Å²) < 4.78 is 1.56. The largest absolute Gasteiger partial charge is 0.114 e. The number of allylic oxidation sites excluding steroid dienone is 2. The standard InChI is InChI=1S/C18H18S2/c1-2-5-11(6-3-1)9-16-19-17-14-10-15(18(17)20-16)13-8-4-7-12(13)14/h1-7,9,12-15,17-18H,8,10H2/b16-9-/t12-,13+,14+,15-,17+,18-/m1/s1. The molecule has 2 bridgehead atoms. The first kappa shape index (κ1) is 12.0. The van der Waals surface area contributed by atoms with Crippen molar-refractivity contribution in [3.8, 4) is 0 Å². The van der Waals surface area contributed by atoms with Crippen molar-refractivity contribution in [3.63, 3.8) is 0 Å². The minimum absolute atomic E-state index is 0.893. The third kappa shape index (κ3) is 1.64. The fourth-order valence-corrected chi connectivity index (χ4v) is 8.63. The van der Waals surface area contributed by atoms with Gasteiger partial charge in [-0.25, -0.2) is 0 Å². The summed E-state index contributed by atoms with van der Waals surface area (Å²) in [5.41, 5.74) is 1.36. The Bertz CT molecular complexity index is 589. The summed E-state index contributed by atoms with van der Waals surface area (Å²) >= 11 is 4.36. The van der Waals surface area contributed by atoms with E-state index in [0.717, 1.165) is 34.2 Å². The van der Waals surface area contributed by atoms with Gasteiger partial charge in [0, 0.05) is 14.7 Å². The number of benzene rings is 1. The second-order valence-corrected chi connectivity index (χ2v) is 9.21. The first-order valence-electron chi connectivity index (χ1n) is 7.67. The van der Waals surface area contributed by atoms with Crippen LogP contribution in [0.2, 0.25) is 0 Å². The van der Waals surface area contributed by atoms with Gasteiger partial charge in [-0.05, 0) is 48.2 Å². The SMILES string of the molecule is C1=C[C@@H]2[C@H](C1)[C@H]1C[C@@H]2[C@@H]2S/C(=C/c3ccccc3)S[C@H]12. The molecule has 2 heteroatoms. The molecular weight excluding hydrogens is 280 g/mol. The Hall–Kier alpha value is -0.600. The maximum Gasteiger partial charge on any atom is 0.0413 e. The van der Waals surface area contributed by atoms with Crippen molar-refractivity contribution in [2.24, 2.45) is 23.7 Å². The van der Waals surface area contributed by atoms with Crippen molar-refractivity contribution in [1.82, 2.24) is 0 Å². The van der Waals surface area contributed by atoms with E-state index >= 15 is 0 Å². The van der Waals surface area contributed by atoms with Gasteiger partial charge in [-0.15, -0.1) is 23.5 Å². The van der Waals surface area contributed by atoms with Gasteiger partial charge in [-0.2, -0.15) is 0 Å². The maximum atomic E-state index is 2.54. The average Bonchev–Trinajstić information content (AvgIpc) is 3.16. The van der Waals surface area contributed by atoms with Gasteiger partial charge >= 0.3 is 0 Å². The molecule has 5 rings (SSSR count). The van der Waals surface area contributed by atoms with Crippen LogP contribution < -0.4 is 0 Å². The second-order valence-electron chi connectivity index (χ2n) is 6.51. The highest BCUT2D eigenvalue weighted by molar-refractivity contribution is 8.26. The molecule has 1 aromatic rings. The van der Waals surface area contributed by atoms with Gasteiger partial charge in [0.15, 0.2) is 0 Å². The predicted octanol–water partition coefficient (Wildman–Crippen LogP) is 5.04. The number of fused-ring (bicyclic) bond motifs is 8. The van der Waals surface area contributed by atoms with E-state index in [1.54, 1.807) is 4.24 Å². The van der Waals surface area contributed by atoms with E-state index in [-0.39, 0.29) is 0 Å². The fraction of sp³-hybridized carbons (Fsp3) is 0.444. The normalized spacial score (nSPS) is 46.1. The smallest absolute Gasteiger partial charge is 0.0413 e. The van der Waals surface area contributed by atoms with Crippen LogP contribution in [0.4, 0.5) is 0 Å². The van der Waals surface area contributed by atoms with Gasteiger partial charge in [0.05, 0.1) is 0 Å². The van der Waals surface area contributed by atoms with Crippen LogP contribution in [-0.2, 0) is 0 Å². The lowest BCUT2D eigenvalue weighted by molar-refractivity contribution is 0.300. The summed E-state index contributed by atoms with van der Waals surface area (Å²) in [6.07, 6.45) is 10.3. The van der Waals surface area contributed by atoms with Crippen LogP contribution in [0.1, 0.15) is 18.4 Å². The molecule has 0 amide bonds. The summed E-state index contributed by atoms with van der Waals surface area (Å²) in [4.78, 5) is 0. The molecule has 1 saturated heterocycles. The lowest BCUT2D eigenvalue weighted by atomic mass is 9.81. The number of thioether (sulfide) groups is 2. The number of rotatable bonds is 1. The lowest BCUT2D eigenvalue weighted by Gasteiger charge is -2.32. The third-order valence-electron chi connectivity index (χ3n) is 5.61. The van der Waals surface area contributed by atoms with E-state index in [2.05, 4.69) is 72.1 Å². The molecule has 3 aliphatic carbocycles. The van der Waals surface area contributed by atoms with Crippen molar-refractivity contribution < 1.29 is 0 Å². The summed E-state index contributed by atoms with van der Waals surface area (Å²) in [6.45, 7) is 0. The molecular formula is C18H18S2. The highest BCUT2D eigenvalue weighted by atomic mass is 32.2. The van der Waals surface area contributed by atoms with Crippen LogP contribution in [0.25, 0.3) is 6.08 Å². The molecule has 0 radical (unpaired) electrons. The molecule has 0 spiro atoms. The van der Waals surface area contributed by atoms with Gasteiger partial charge in [0.1, 0.15) is 0 Å². The monoisotopic (exact) mass is 298 g/mol. The van der Waals surface area contributed by atoms with Gasteiger partial charge in [0.25, 0.3) is 0 Å². The Morgan fingerprint density at radius 1 is 0.950 bits per heavy atom. The molecule has 20 heavy (non-hydrogen) atoms. The molecule has 0 unspecified atom stereocenters. The second kappa shape index (κ2) is 4.45. The predicted molar refractivity (Wildman–Crippen MR) is 89.5 cm³/mol. The Morgan fingerprint density at radius 2 is 1.75 bits per heavy atom. The third-order valence-corrected chi connectivity index (χ3v) is 8.89. The van der Waals surface area contributed by atoms with Gasteiger partial charge in [-0.1, -0.05) is 42.5 Å². The zero-order chi connectivity index (χ0) is 13.1. The molecule has 6 atom stereocenters. The minimum Gasteiger partial charge on any atom is -0.114 e. The van der Waals surface area contributed by atoms with Crippen molar-refractivity contribution in [3.05, 3.63) is 52.3 Å². The average molecular weight is 298 g/mol. The molecule has 1 aromatic carbocycles. The van der Waals surface area contributed by atoms with E-state index in [0.29, 0.717) is 0 Å². The molecule has 3 fully saturated rings. The Morgan fingerprint density at radius 3 is 2.60 bits per heavy atom. The summed E-state index contributed by atoms with van der Waals surface area (Å²) in [7, 11) is 0. The molecule has 4 aliphatic rings. The van der Waals surface area contributed by atoms with E-state index < -0.39 is 0 Å². The molecule has 0 aromatic heterocycles. The van der Waals surface area contributed by atoms with Crippen molar-refractivity contribution in [2.45, 2.75) is 23.3 Å². The van der Waals surface area contributed by atoms with Crippen LogP contribution in [0.3, 0.4) is 0 Å². The highest BCUT2D eigenvalue weighted by Gasteiger charge is 2.60. The van der Waals surface area contributed by atoms with Crippen molar-refractivity contribution >= 4 is 29.6 Å². The Kier molecular flexibility index (Phi) is 2.67. The van der Waals surface area contributed by atoms with E-state index in [1.165, 1.54) is 18.4 Å². The van der Waals surface area contributed by atoms with Gasteiger partial charge < -0.3 is 0 Å². The molecule has 1 heterocycles. The summed E-state index contributed by atoms with van der Waals surface area (Å²) in [5.74, 6) is 3.87. The lowest BCUT2D eigenvalue weighted by Crippen LogP contribution is -2.33. The first-order chi connectivity index (χ1) is 9.90. The topological polar surface area (TPSA) is 0 Å². The van der Waals surface area contributed by atoms with Crippen LogP contribution >= 0.6 is 23.5 Å².